The average Bonchev–Trinajstić information content (AvgIpc) is 3.86. The normalized spacial score (nSPS) is 16.2. The SMILES string of the molecule is Cc1ccc2c(c1)C1(C3=C2C=CC3)c2ccccc2-c2ccc(N(c3ccccc3)c3ccc(N(c4ccccc4)c4ccccc4)cc3)cc21. The van der Waals surface area contributed by atoms with Gasteiger partial charge in [0, 0.05) is 34.1 Å². The lowest BCUT2D eigenvalue weighted by atomic mass is 9.69. The molecule has 0 bridgehead atoms. The van der Waals surface area contributed by atoms with Crippen LogP contribution in [0.1, 0.15) is 34.2 Å². The van der Waals surface area contributed by atoms with E-state index in [1.807, 2.05) is 0 Å². The van der Waals surface area contributed by atoms with Crippen molar-refractivity contribution < 1.29 is 0 Å². The van der Waals surface area contributed by atoms with E-state index in [0.717, 1.165) is 40.5 Å². The summed E-state index contributed by atoms with van der Waals surface area (Å²) in [4.78, 5) is 4.72. The van der Waals surface area contributed by atoms with Crippen LogP contribution in [0.15, 0.2) is 194 Å². The second-order valence-corrected chi connectivity index (χ2v) is 13.8. The molecule has 0 aromatic heterocycles. The average molecular weight is 653 g/mol. The molecule has 2 heteroatoms. The second-order valence-electron chi connectivity index (χ2n) is 13.8. The van der Waals surface area contributed by atoms with Gasteiger partial charge in [-0.15, -0.1) is 0 Å². The van der Waals surface area contributed by atoms with E-state index in [0.29, 0.717) is 0 Å². The molecule has 0 fully saturated rings. The molecule has 2 nitrogen and oxygen atoms in total. The molecule has 0 amide bonds. The first-order valence-corrected chi connectivity index (χ1v) is 17.8. The molecule has 3 aliphatic rings. The Balaban J connectivity index is 1.15. The van der Waals surface area contributed by atoms with Crippen molar-refractivity contribution in [3.05, 3.63) is 221 Å². The Morgan fingerprint density at radius 2 is 0.882 bits per heavy atom. The van der Waals surface area contributed by atoms with Gasteiger partial charge in [-0.2, -0.15) is 0 Å². The third kappa shape index (κ3) is 4.43. The molecule has 10 rings (SSSR count). The van der Waals surface area contributed by atoms with E-state index in [1.54, 1.807) is 0 Å². The number of allylic oxidation sites excluding steroid dienone is 4. The van der Waals surface area contributed by atoms with Crippen LogP contribution in [-0.2, 0) is 5.41 Å². The summed E-state index contributed by atoms with van der Waals surface area (Å²) < 4.78 is 0. The lowest BCUT2D eigenvalue weighted by molar-refractivity contribution is 0.748. The number of nitrogens with zero attached hydrogens (tertiary/aromatic N) is 2. The Hall–Kier alpha value is -6.38. The van der Waals surface area contributed by atoms with Crippen LogP contribution in [0.5, 0.6) is 0 Å². The van der Waals surface area contributed by atoms with Gasteiger partial charge < -0.3 is 9.80 Å². The molecule has 0 N–H and O–H groups in total. The van der Waals surface area contributed by atoms with Gasteiger partial charge in [-0.3, -0.25) is 0 Å². The van der Waals surface area contributed by atoms with Crippen molar-refractivity contribution >= 4 is 39.7 Å². The first kappa shape index (κ1) is 29.5. The van der Waals surface area contributed by atoms with E-state index in [2.05, 4.69) is 205 Å². The molecule has 1 spiro atoms. The monoisotopic (exact) mass is 652 g/mol. The smallest absolute Gasteiger partial charge is 0.0692 e. The predicted molar refractivity (Wildman–Crippen MR) is 213 cm³/mol. The van der Waals surface area contributed by atoms with Crippen molar-refractivity contribution in [2.45, 2.75) is 18.8 Å². The number of hydrogen-bond donors (Lipinski definition) is 0. The van der Waals surface area contributed by atoms with Gasteiger partial charge in [-0.25, -0.2) is 0 Å². The molecule has 0 radical (unpaired) electrons. The lowest BCUT2D eigenvalue weighted by Crippen LogP contribution is -2.27. The standard InChI is InChI=1S/C49H36N2/c1-34-24-30-43-42-21-13-23-46(42)49(47(43)32-34)45-22-12-11-20-41(45)44-31-29-40(33-48(44)49)51(37-18-9-4-10-19-37)39-27-25-38(26-28-39)50(35-14-5-2-6-15-35)36-16-7-3-8-17-36/h2-22,24-33H,23H2,1H3. The molecule has 51 heavy (non-hydrogen) atoms. The van der Waals surface area contributed by atoms with Crippen LogP contribution < -0.4 is 9.80 Å². The van der Waals surface area contributed by atoms with Crippen molar-refractivity contribution in [2.24, 2.45) is 0 Å². The van der Waals surface area contributed by atoms with Gasteiger partial charge in [0.2, 0.25) is 0 Å². The zero-order chi connectivity index (χ0) is 33.9. The highest BCUT2D eigenvalue weighted by molar-refractivity contribution is 5.99. The summed E-state index contributed by atoms with van der Waals surface area (Å²) in [5.41, 5.74) is 18.9. The Kier molecular flexibility index (Phi) is 6.72. The summed E-state index contributed by atoms with van der Waals surface area (Å²) in [5.74, 6) is 0. The van der Waals surface area contributed by atoms with Crippen molar-refractivity contribution in [1.29, 1.82) is 0 Å². The summed E-state index contributed by atoms with van der Waals surface area (Å²) in [7, 11) is 0. The molecule has 7 aromatic carbocycles. The van der Waals surface area contributed by atoms with E-state index < -0.39 is 0 Å². The highest BCUT2D eigenvalue weighted by Gasteiger charge is 2.53. The van der Waals surface area contributed by atoms with E-state index in [4.69, 9.17) is 0 Å². The van der Waals surface area contributed by atoms with Crippen LogP contribution in [0.25, 0.3) is 16.7 Å². The Morgan fingerprint density at radius 1 is 0.412 bits per heavy atom. The quantitative estimate of drug-likeness (QED) is 0.176. The molecular formula is C49H36N2. The maximum atomic E-state index is 2.48. The zero-order valence-corrected chi connectivity index (χ0v) is 28.5. The van der Waals surface area contributed by atoms with Gasteiger partial charge in [0.15, 0.2) is 0 Å². The highest BCUT2D eigenvalue weighted by Crippen LogP contribution is 2.64. The number of aryl methyl sites for hydroxylation is 1. The molecule has 0 saturated carbocycles. The number of benzene rings is 7. The third-order valence-electron chi connectivity index (χ3n) is 10.9. The zero-order valence-electron chi connectivity index (χ0n) is 28.5. The number of rotatable bonds is 6. The minimum Gasteiger partial charge on any atom is -0.311 e. The van der Waals surface area contributed by atoms with Gasteiger partial charge in [-0.1, -0.05) is 121 Å². The molecule has 0 saturated heterocycles. The third-order valence-corrected chi connectivity index (χ3v) is 10.9. The molecule has 3 aliphatic carbocycles. The minimum atomic E-state index is -0.319. The van der Waals surface area contributed by atoms with E-state index in [9.17, 15) is 0 Å². The number of anilines is 6. The summed E-state index contributed by atoms with van der Waals surface area (Å²) in [5, 5.41) is 0. The Labute approximate surface area is 299 Å². The molecule has 7 aromatic rings. The molecular weight excluding hydrogens is 617 g/mol. The van der Waals surface area contributed by atoms with E-state index in [-0.39, 0.29) is 5.41 Å². The topological polar surface area (TPSA) is 6.48 Å². The fourth-order valence-electron chi connectivity index (χ4n) is 8.88. The van der Waals surface area contributed by atoms with Gasteiger partial charge >= 0.3 is 0 Å². The number of fused-ring (bicyclic) bond motifs is 9. The van der Waals surface area contributed by atoms with Crippen LogP contribution >= 0.6 is 0 Å². The Bertz CT molecular complexity index is 2460. The largest absolute Gasteiger partial charge is 0.311 e. The lowest BCUT2D eigenvalue weighted by Gasteiger charge is -2.34. The van der Waals surface area contributed by atoms with Gasteiger partial charge in [0.25, 0.3) is 0 Å². The second kappa shape index (κ2) is 11.6. The van der Waals surface area contributed by atoms with Crippen LogP contribution in [-0.4, -0.2) is 0 Å². The van der Waals surface area contributed by atoms with E-state index >= 15 is 0 Å². The molecule has 0 heterocycles. The maximum absolute atomic E-state index is 2.48. The summed E-state index contributed by atoms with van der Waals surface area (Å²) >= 11 is 0. The van der Waals surface area contributed by atoms with Gasteiger partial charge in [0.05, 0.1) is 5.41 Å². The molecule has 0 aliphatic heterocycles. The highest BCUT2D eigenvalue weighted by atomic mass is 15.2. The number of para-hydroxylation sites is 3. The van der Waals surface area contributed by atoms with Crippen molar-refractivity contribution in [1.82, 2.24) is 0 Å². The number of hydrogen-bond acceptors (Lipinski definition) is 2. The molecule has 1 atom stereocenters. The van der Waals surface area contributed by atoms with E-state index in [1.165, 1.54) is 50.1 Å². The molecule has 1 unspecified atom stereocenters. The first-order valence-electron chi connectivity index (χ1n) is 17.8. The van der Waals surface area contributed by atoms with Crippen LogP contribution in [0.3, 0.4) is 0 Å². The minimum absolute atomic E-state index is 0.319. The fourth-order valence-corrected chi connectivity index (χ4v) is 8.88. The fraction of sp³-hybridized carbons (Fsp3) is 0.0612. The van der Waals surface area contributed by atoms with Gasteiger partial charge in [0.1, 0.15) is 0 Å². The predicted octanol–water partition coefficient (Wildman–Crippen LogP) is 13.0. The Morgan fingerprint density at radius 3 is 1.51 bits per heavy atom. The summed E-state index contributed by atoms with van der Waals surface area (Å²) in [6, 6.07) is 64.3. The first-order chi connectivity index (χ1) is 25.2. The van der Waals surface area contributed by atoms with Crippen LogP contribution in [0.2, 0.25) is 0 Å². The summed E-state index contributed by atoms with van der Waals surface area (Å²) in [6.45, 7) is 2.23. The van der Waals surface area contributed by atoms with Crippen LogP contribution in [0.4, 0.5) is 34.1 Å². The maximum Gasteiger partial charge on any atom is 0.0692 e. The van der Waals surface area contributed by atoms with Crippen molar-refractivity contribution in [3.8, 4) is 11.1 Å². The van der Waals surface area contributed by atoms with Crippen LogP contribution in [0, 0.1) is 6.92 Å². The van der Waals surface area contributed by atoms with Crippen molar-refractivity contribution in [3.63, 3.8) is 0 Å². The molecule has 242 valence electrons. The van der Waals surface area contributed by atoms with Gasteiger partial charge in [-0.05, 0) is 131 Å². The van der Waals surface area contributed by atoms with Crippen molar-refractivity contribution in [2.75, 3.05) is 9.80 Å². The summed E-state index contributed by atoms with van der Waals surface area (Å²) in [6.07, 6.45) is 5.67.